The van der Waals surface area contributed by atoms with Crippen LogP contribution in [-0.4, -0.2) is 71.4 Å². The van der Waals surface area contributed by atoms with Crippen molar-refractivity contribution in [3.8, 4) is 23.0 Å². The van der Waals surface area contributed by atoms with Crippen LogP contribution in [-0.2, 0) is 41.5 Å². The molecule has 12 nitrogen and oxygen atoms in total. The summed E-state index contributed by atoms with van der Waals surface area (Å²) >= 11 is 0. The number of hydrogen-bond acceptors (Lipinski definition) is 10. The lowest BCUT2D eigenvalue weighted by molar-refractivity contribution is -0.145. The number of nitrogens with one attached hydrogen (secondary N) is 2. The van der Waals surface area contributed by atoms with E-state index in [-0.39, 0.29) is 18.6 Å². The van der Waals surface area contributed by atoms with Crippen LogP contribution in [0.4, 0.5) is 0 Å². The minimum atomic E-state index is -1.05. The van der Waals surface area contributed by atoms with Crippen molar-refractivity contribution in [2.75, 3.05) is 35.5 Å². The third-order valence-corrected chi connectivity index (χ3v) is 8.87. The molecule has 0 radical (unpaired) electrons. The first-order valence-corrected chi connectivity index (χ1v) is 16.8. The fourth-order valence-corrected chi connectivity index (χ4v) is 6.27. The Hall–Kier alpha value is -6.30. The SMILES string of the molecule is COC(=O)C(Cc1ccccc1)NC(=O)C=Cc1ccc(OC)c2c1C(C(=O)NC(Cc1ccccc1)C(=O)OC)C(c1ccc(OC)c(OC)c1)O2. The van der Waals surface area contributed by atoms with Crippen LogP contribution in [0, 0.1) is 0 Å². The molecule has 1 aliphatic rings. The monoisotopic (exact) mass is 722 g/mol. The fraction of sp³-hybridized carbons (Fsp3) is 0.268. The van der Waals surface area contributed by atoms with Crippen molar-refractivity contribution in [2.24, 2.45) is 0 Å². The van der Waals surface area contributed by atoms with Crippen molar-refractivity contribution in [3.05, 3.63) is 125 Å². The Morgan fingerprint density at radius 2 is 1.23 bits per heavy atom. The molecule has 2 amide bonds. The van der Waals surface area contributed by atoms with Crippen molar-refractivity contribution in [2.45, 2.75) is 36.9 Å². The van der Waals surface area contributed by atoms with Gasteiger partial charge in [0.1, 0.15) is 24.1 Å². The highest BCUT2D eigenvalue weighted by Gasteiger charge is 2.45. The van der Waals surface area contributed by atoms with Crippen LogP contribution >= 0.6 is 0 Å². The van der Waals surface area contributed by atoms with Gasteiger partial charge in [-0.1, -0.05) is 72.8 Å². The number of amides is 2. The third kappa shape index (κ3) is 8.96. The molecule has 0 fully saturated rings. The van der Waals surface area contributed by atoms with Gasteiger partial charge in [-0.15, -0.1) is 0 Å². The molecule has 0 saturated heterocycles. The van der Waals surface area contributed by atoms with Gasteiger partial charge < -0.3 is 39.1 Å². The molecule has 0 spiro atoms. The topological polar surface area (TPSA) is 148 Å². The maximum Gasteiger partial charge on any atom is 0.328 e. The van der Waals surface area contributed by atoms with E-state index in [2.05, 4.69) is 10.6 Å². The number of rotatable bonds is 15. The van der Waals surface area contributed by atoms with Gasteiger partial charge in [0, 0.05) is 24.5 Å². The Labute approximate surface area is 308 Å². The second kappa shape index (κ2) is 17.8. The quantitative estimate of drug-likeness (QED) is 0.130. The summed E-state index contributed by atoms with van der Waals surface area (Å²) in [6.45, 7) is 0. The molecular formula is C41H42N2O10. The van der Waals surface area contributed by atoms with Gasteiger partial charge in [-0.25, -0.2) is 9.59 Å². The molecule has 53 heavy (non-hydrogen) atoms. The Kier molecular flexibility index (Phi) is 12.7. The van der Waals surface area contributed by atoms with Gasteiger partial charge in [0.15, 0.2) is 23.0 Å². The van der Waals surface area contributed by atoms with E-state index in [4.69, 9.17) is 28.4 Å². The summed E-state index contributed by atoms with van der Waals surface area (Å²) in [5, 5.41) is 5.63. The molecule has 5 rings (SSSR count). The van der Waals surface area contributed by atoms with Crippen LogP contribution in [0.3, 0.4) is 0 Å². The van der Waals surface area contributed by atoms with Crippen molar-refractivity contribution >= 4 is 29.8 Å². The zero-order chi connectivity index (χ0) is 37.9. The Balaban J connectivity index is 1.54. The highest BCUT2D eigenvalue weighted by molar-refractivity contribution is 5.96. The summed E-state index contributed by atoms with van der Waals surface area (Å²) < 4.78 is 33.2. The average molecular weight is 723 g/mol. The molecular weight excluding hydrogens is 680 g/mol. The highest BCUT2D eigenvalue weighted by atomic mass is 16.5. The largest absolute Gasteiger partial charge is 0.493 e. The van der Waals surface area contributed by atoms with Crippen LogP contribution in [0.5, 0.6) is 23.0 Å². The van der Waals surface area contributed by atoms with Gasteiger partial charge >= 0.3 is 11.9 Å². The Morgan fingerprint density at radius 1 is 0.679 bits per heavy atom. The predicted octanol–water partition coefficient (Wildman–Crippen LogP) is 4.74. The molecule has 0 aliphatic carbocycles. The van der Waals surface area contributed by atoms with Crippen LogP contribution in [0.25, 0.3) is 6.08 Å². The van der Waals surface area contributed by atoms with Crippen molar-refractivity contribution < 1.29 is 47.6 Å². The van der Waals surface area contributed by atoms with Crippen molar-refractivity contribution in [1.29, 1.82) is 0 Å². The minimum absolute atomic E-state index is 0.177. The second-order valence-electron chi connectivity index (χ2n) is 12.1. The zero-order valence-electron chi connectivity index (χ0n) is 30.1. The van der Waals surface area contributed by atoms with E-state index in [1.165, 1.54) is 47.7 Å². The van der Waals surface area contributed by atoms with E-state index in [1.807, 2.05) is 60.7 Å². The van der Waals surface area contributed by atoms with Crippen LogP contribution in [0.1, 0.15) is 39.8 Å². The molecule has 0 saturated carbocycles. The van der Waals surface area contributed by atoms with E-state index < -0.39 is 47.9 Å². The predicted molar refractivity (Wildman–Crippen MR) is 196 cm³/mol. The van der Waals surface area contributed by atoms with Gasteiger partial charge in [0.2, 0.25) is 11.8 Å². The lowest BCUT2D eigenvalue weighted by Gasteiger charge is -2.23. The van der Waals surface area contributed by atoms with Crippen LogP contribution < -0.4 is 29.6 Å². The number of benzene rings is 4. The number of esters is 2. The lowest BCUT2D eigenvalue weighted by atomic mass is 9.86. The van der Waals surface area contributed by atoms with Crippen molar-refractivity contribution in [3.63, 3.8) is 0 Å². The summed E-state index contributed by atoms with van der Waals surface area (Å²) in [6, 6.07) is 25.1. The maximum absolute atomic E-state index is 14.6. The molecule has 276 valence electrons. The van der Waals surface area contributed by atoms with Gasteiger partial charge in [-0.2, -0.15) is 0 Å². The summed E-state index contributed by atoms with van der Waals surface area (Å²) in [6.07, 6.45) is 2.28. The zero-order valence-corrected chi connectivity index (χ0v) is 30.1. The molecule has 12 heteroatoms. The molecule has 1 aliphatic heterocycles. The smallest absolute Gasteiger partial charge is 0.328 e. The van der Waals surface area contributed by atoms with E-state index >= 15 is 0 Å². The van der Waals surface area contributed by atoms with E-state index in [9.17, 15) is 19.2 Å². The number of carbonyl (C=O) groups excluding carboxylic acids is 4. The molecule has 0 bridgehead atoms. The second-order valence-corrected chi connectivity index (χ2v) is 12.1. The number of hydrogen-bond donors (Lipinski definition) is 2. The lowest BCUT2D eigenvalue weighted by Crippen LogP contribution is -2.45. The summed E-state index contributed by atoms with van der Waals surface area (Å²) in [7, 11) is 7.02. The first kappa shape index (κ1) is 37.9. The van der Waals surface area contributed by atoms with Gasteiger partial charge in [-0.3, -0.25) is 9.59 Å². The van der Waals surface area contributed by atoms with Gasteiger partial charge in [0.25, 0.3) is 0 Å². The van der Waals surface area contributed by atoms with Crippen LogP contribution in [0.15, 0.2) is 97.1 Å². The first-order chi connectivity index (χ1) is 25.7. The highest BCUT2D eigenvalue weighted by Crippen LogP contribution is 2.53. The number of methoxy groups -OCH3 is 5. The summed E-state index contributed by atoms with van der Waals surface area (Å²) in [5.41, 5.74) is 3.12. The number of carbonyl (C=O) groups is 4. The first-order valence-electron chi connectivity index (χ1n) is 16.8. The van der Waals surface area contributed by atoms with Crippen molar-refractivity contribution in [1.82, 2.24) is 10.6 Å². The standard InChI is InChI=1S/C41H42N2O10/c1-48-31-19-17-28(24-33(31)50-3)37-36(39(45)43-30(41(47)52-5)23-26-14-10-7-11-15-26)35-27(16-20-32(49-2)38(35)53-37)18-21-34(44)42-29(40(46)51-4)22-25-12-8-6-9-13-25/h6-21,24,29-30,36-37H,22-23H2,1-5H3,(H,42,44)(H,43,45). The fourth-order valence-electron chi connectivity index (χ4n) is 6.27. The van der Waals surface area contributed by atoms with Crippen LogP contribution in [0.2, 0.25) is 0 Å². The number of ether oxygens (including phenoxy) is 6. The Morgan fingerprint density at radius 3 is 1.77 bits per heavy atom. The maximum atomic E-state index is 14.6. The van der Waals surface area contributed by atoms with E-state index in [1.54, 1.807) is 30.3 Å². The molecule has 2 N–H and O–H groups in total. The van der Waals surface area contributed by atoms with Gasteiger partial charge in [-0.05, 0) is 46.5 Å². The molecule has 4 aromatic carbocycles. The molecule has 0 aromatic heterocycles. The normalized spacial score (nSPS) is 15.6. The third-order valence-electron chi connectivity index (χ3n) is 8.87. The average Bonchev–Trinajstić information content (AvgIpc) is 3.60. The number of fused-ring (bicyclic) bond motifs is 1. The van der Waals surface area contributed by atoms with E-state index in [0.717, 1.165) is 11.1 Å². The Bertz CT molecular complexity index is 1950. The molecule has 1 heterocycles. The molecule has 4 aromatic rings. The summed E-state index contributed by atoms with van der Waals surface area (Å²) in [4.78, 5) is 53.5. The molecule has 4 atom stereocenters. The minimum Gasteiger partial charge on any atom is -0.493 e. The van der Waals surface area contributed by atoms with E-state index in [0.29, 0.717) is 33.9 Å². The van der Waals surface area contributed by atoms with Gasteiger partial charge in [0.05, 0.1) is 35.5 Å². The molecule has 4 unspecified atom stereocenters. The summed E-state index contributed by atoms with van der Waals surface area (Å²) in [5.74, 6) is -1.84.